The van der Waals surface area contributed by atoms with E-state index in [1.54, 1.807) is 60.7 Å². The molecule has 0 aliphatic heterocycles. The molecule has 1 atom stereocenters. The number of carbonyl (C=O) groups excluding carboxylic acids is 1. The molecule has 0 saturated heterocycles. The predicted octanol–water partition coefficient (Wildman–Crippen LogP) is 5.26. The first-order chi connectivity index (χ1) is 16.3. The smallest absolute Gasteiger partial charge is 0.306 e. The second-order valence-corrected chi connectivity index (χ2v) is 9.40. The number of amides is 1. The molecule has 174 valence electrons. The van der Waals surface area contributed by atoms with Crippen molar-refractivity contribution in [1.82, 2.24) is 10.3 Å². The molecule has 3 aromatic carbocycles. The molecule has 0 fully saturated rings. The molecule has 1 heterocycles. The zero-order valence-electron chi connectivity index (χ0n) is 18.7. The molecular formula is C26H23FN2O4S. The van der Waals surface area contributed by atoms with Crippen LogP contribution in [-0.2, 0) is 10.1 Å². The molecule has 0 aliphatic carbocycles. The number of carbonyl (C=O) groups is 1. The number of nitrogens with one attached hydrogen (secondary N) is 1. The van der Waals surface area contributed by atoms with E-state index in [4.69, 9.17) is 4.18 Å². The largest absolute Gasteiger partial charge is 0.379 e. The highest BCUT2D eigenvalue weighted by molar-refractivity contribution is 7.86. The van der Waals surface area contributed by atoms with Gasteiger partial charge in [-0.1, -0.05) is 67.6 Å². The van der Waals surface area contributed by atoms with Gasteiger partial charge >= 0.3 is 10.1 Å². The van der Waals surface area contributed by atoms with Crippen LogP contribution in [0, 0.1) is 5.82 Å². The van der Waals surface area contributed by atoms with Crippen molar-refractivity contribution in [2.75, 3.05) is 6.26 Å². The van der Waals surface area contributed by atoms with Crippen LogP contribution in [-0.4, -0.2) is 25.6 Å². The summed E-state index contributed by atoms with van der Waals surface area (Å²) < 4.78 is 43.6. The Bertz CT molecular complexity index is 1460. The molecule has 0 saturated carbocycles. The van der Waals surface area contributed by atoms with Crippen LogP contribution in [0.15, 0.2) is 78.9 Å². The minimum Gasteiger partial charge on any atom is -0.379 e. The van der Waals surface area contributed by atoms with Crippen LogP contribution >= 0.6 is 0 Å². The Morgan fingerprint density at radius 1 is 1.03 bits per heavy atom. The van der Waals surface area contributed by atoms with Crippen LogP contribution in [0.3, 0.4) is 0 Å². The van der Waals surface area contributed by atoms with E-state index in [0.29, 0.717) is 28.5 Å². The zero-order chi connectivity index (χ0) is 24.3. The molecule has 4 aromatic rings. The quantitative estimate of drug-likeness (QED) is 0.366. The summed E-state index contributed by atoms with van der Waals surface area (Å²) in [7, 11) is -3.99. The highest BCUT2D eigenvalue weighted by Gasteiger charge is 2.27. The lowest BCUT2D eigenvalue weighted by molar-refractivity contribution is 0.0935. The summed E-state index contributed by atoms with van der Waals surface area (Å²) in [5, 5.41) is 3.35. The number of fused-ring (bicyclic) bond motifs is 1. The third-order valence-electron chi connectivity index (χ3n) is 5.32. The minimum absolute atomic E-state index is 0.0460. The van der Waals surface area contributed by atoms with Crippen LogP contribution in [0.4, 0.5) is 4.39 Å². The number of hydrogen-bond donors (Lipinski definition) is 1. The molecule has 34 heavy (non-hydrogen) atoms. The Kier molecular flexibility index (Phi) is 6.61. The van der Waals surface area contributed by atoms with Gasteiger partial charge in [-0.2, -0.15) is 8.42 Å². The molecule has 0 bridgehead atoms. The third kappa shape index (κ3) is 5.07. The maximum atomic E-state index is 13.8. The number of halogens is 1. The van der Waals surface area contributed by atoms with Gasteiger partial charge in [-0.25, -0.2) is 9.37 Å². The van der Waals surface area contributed by atoms with Gasteiger partial charge in [0.05, 0.1) is 23.4 Å². The number of benzene rings is 3. The first kappa shape index (κ1) is 23.4. The summed E-state index contributed by atoms with van der Waals surface area (Å²) in [5.74, 6) is -1.11. The van der Waals surface area contributed by atoms with E-state index in [1.165, 1.54) is 12.1 Å². The summed E-state index contributed by atoms with van der Waals surface area (Å²) in [5.41, 5.74) is 1.98. The van der Waals surface area contributed by atoms with Gasteiger partial charge in [-0.05, 0) is 30.2 Å². The van der Waals surface area contributed by atoms with Crippen molar-refractivity contribution in [3.8, 4) is 17.0 Å². The number of nitrogens with zero attached hydrogens (tertiary/aromatic N) is 1. The van der Waals surface area contributed by atoms with Crippen molar-refractivity contribution < 1.29 is 21.8 Å². The first-order valence-corrected chi connectivity index (χ1v) is 12.5. The molecule has 1 aromatic heterocycles. The predicted molar refractivity (Wildman–Crippen MR) is 130 cm³/mol. The van der Waals surface area contributed by atoms with Crippen molar-refractivity contribution in [1.29, 1.82) is 0 Å². The summed E-state index contributed by atoms with van der Waals surface area (Å²) in [4.78, 5) is 18.3. The van der Waals surface area contributed by atoms with Crippen molar-refractivity contribution in [2.45, 2.75) is 19.4 Å². The Morgan fingerprint density at radius 2 is 1.74 bits per heavy atom. The van der Waals surface area contributed by atoms with Gasteiger partial charge in [-0.3, -0.25) is 4.79 Å². The van der Waals surface area contributed by atoms with Crippen LogP contribution in [0.5, 0.6) is 5.75 Å². The molecule has 1 N–H and O–H groups in total. The molecule has 0 radical (unpaired) electrons. The first-order valence-electron chi connectivity index (χ1n) is 10.7. The van der Waals surface area contributed by atoms with E-state index in [9.17, 15) is 17.6 Å². The average molecular weight is 479 g/mol. The summed E-state index contributed by atoms with van der Waals surface area (Å²) >= 11 is 0. The Hall–Kier alpha value is -3.78. The Morgan fingerprint density at radius 3 is 2.41 bits per heavy atom. The van der Waals surface area contributed by atoms with E-state index in [0.717, 1.165) is 6.26 Å². The van der Waals surface area contributed by atoms with Crippen LogP contribution < -0.4 is 9.50 Å². The van der Waals surface area contributed by atoms with Crippen LogP contribution in [0.25, 0.3) is 22.2 Å². The Labute approximate surface area is 197 Å². The minimum atomic E-state index is -3.99. The van der Waals surface area contributed by atoms with Crippen molar-refractivity contribution in [3.05, 3.63) is 95.8 Å². The van der Waals surface area contributed by atoms with E-state index >= 15 is 0 Å². The van der Waals surface area contributed by atoms with Gasteiger partial charge in [0.25, 0.3) is 5.91 Å². The number of pyridine rings is 1. The molecule has 1 unspecified atom stereocenters. The van der Waals surface area contributed by atoms with Gasteiger partial charge < -0.3 is 9.50 Å². The Balaban J connectivity index is 1.92. The second-order valence-electron chi connectivity index (χ2n) is 7.82. The molecule has 6 nitrogen and oxygen atoms in total. The average Bonchev–Trinajstić information content (AvgIpc) is 2.81. The third-order valence-corrected chi connectivity index (χ3v) is 5.79. The van der Waals surface area contributed by atoms with Gasteiger partial charge in [0.15, 0.2) is 5.75 Å². The molecule has 0 aliphatic rings. The monoisotopic (exact) mass is 478 g/mol. The summed E-state index contributed by atoms with van der Waals surface area (Å²) in [6.45, 7) is 1.86. The number of rotatable bonds is 7. The highest BCUT2D eigenvalue weighted by Crippen LogP contribution is 2.37. The maximum absolute atomic E-state index is 13.8. The van der Waals surface area contributed by atoms with E-state index in [-0.39, 0.29) is 17.0 Å². The number of para-hydroxylation sites is 1. The zero-order valence-corrected chi connectivity index (χ0v) is 19.5. The van der Waals surface area contributed by atoms with Crippen molar-refractivity contribution in [2.24, 2.45) is 0 Å². The van der Waals surface area contributed by atoms with Gasteiger partial charge in [0, 0.05) is 10.9 Å². The lowest BCUT2D eigenvalue weighted by Gasteiger charge is -2.21. The number of hydrogen-bond acceptors (Lipinski definition) is 5. The fourth-order valence-electron chi connectivity index (χ4n) is 3.82. The standard InChI is InChI=1S/C26H23FN2O4S/c1-3-21(18-12-9-13-19(27)16-18)29-26(30)23-20-14-7-8-15-22(20)28-24(17-10-5-4-6-11-17)25(23)33-34(2,31)32/h4-16,21H,3H2,1-2H3,(H,29,30). The van der Waals surface area contributed by atoms with E-state index in [2.05, 4.69) is 10.3 Å². The summed E-state index contributed by atoms with van der Waals surface area (Å²) in [6, 6.07) is 21.4. The molecule has 8 heteroatoms. The van der Waals surface area contributed by atoms with Gasteiger partial charge in [-0.15, -0.1) is 0 Å². The van der Waals surface area contributed by atoms with E-state index < -0.39 is 27.9 Å². The lowest BCUT2D eigenvalue weighted by atomic mass is 10.00. The van der Waals surface area contributed by atoms with E-state index in [1.807, 2.05) is 13.0 Å². The fourth-order valence-corrected chi connectivity index (χ4v) is 4.28. The van der Waals surface area contributed by atoms with Crippen molar-refractivity contribution >= 4 is 26.9 Å². The summed E-state index contributed by atoms with van der Waals surface area (Å²) in [6.07, 6.45) is 1.41. The molecule has 1 amide bonds. The van der Waals surface area contributed by atoms with Gasteiger partial charge in [0.2, 0.25) is 0 Å². The molecular weight excluding hydrogens is 455 g/mol. The number of aromatic nitrogens is 1. The molecule has 4 rings (SSSR count). The van der Waals surface area contributed by atoms with Gasteiger partial charge in [0.1, 0.15) is 11.5 Å². The molecule has 0 spiro atoms. The highest BCUT2D eigenvalue weighted by atomic mass is 32.2. The maximum Gasteiger partial charge on any atom is 0.306 e. The van der Waals surface area contributed by atoms with Crippen LogP contribution in [0.1, 0.15) is 35.3 Å². The lowest BCUT2D eigenvalue weighted by Crippen LogP contribution is -2.29. The SMILES string of the molecule is CCC(NC(=O)c1c(OS(C)(=O)=O)c(-c2ccccc2)nc2ccccc12)c1cccc(F)c1. The normalized spacial score (nSPS) is 12.3. The van der Waals surface area contributed by atoms with Crippen molar-refractivity contribution in [3.63, 3.8) is 0 Å². The van der Waals surface area contributed by atoms with Crippen LogP contribution in [0.2, 0.25) is 0 Å². The fraction of sp³-hybridized carbons (Fsp3) is 0.154. The topological polar surface area (TPSA) is 85.4 Å². The second kappa shape index (κ2) is 9.61.